The minimum Gasteiger partial charge on any atom is -0.126 e. The molecule has 0 aromatic heterocycles. The number of thioether (sulfide) groups is 4. The fraction of sp³-hybridized carbons (Fsp3) is 1.00. The van der Waals surface area contributed by atoms with Gasteiger partial charge in [0.05, 0.1) is 21.1 Å². The lowest BCUT2D eigenvalue weighted by molar-refractivity contribution is 0.606. The Bertz CT molecular complexity index is 287. The summed E-state index contributed by atoms with van der Waals surface area (Å²) in [6, 6.07) is 0. The molecule has 5 heteroatoms. The van der Waals surface area contributed by atoms with Gasteiger partial charge in [-0.2, -0.15) is 0 Å². The summed E-state index contributed by atoms with van der Waals surface area (Å²) in [5.41, 5.74) is 0. The molecule has 4 bridgehead atoms. The third-order valence-electron chi connectivity index (χ3n) is 3.24. The Morgan fingerprint density at radius 3 is 1.53 bits per heavy atom. The van der Waals surface area contributed by atoms with E-state index in [2.05, 4.69) is 90.7 Å². The normalized spacial score (nSPS) is 67.4. The fourth-order valence-electron chi connectivity index (χ4n) is 3.21. The van der Waals surface area contributed by atoms with Crippen molar-refractivity contribution in [2.24, 2.45) is 0 Å². The van der Waals surface area contributed by atoms with E-state index in [1.807, 2.05) is 0 Å². The Kier molecular flexibility index (Phi) is 2.44. The molecule has 4 aliphatic heterocycles. The van der Waals surface area contributed by atoms with Crippen LogP contribution in [0.2, 0.25) is 0 Å². The number of alkyl halides is 1. The second kappa shape index (κ2) is 3.06. The van der Waals surface area contributed by atoms with Gasteiger partial charge in [-0.15, -0.1) is 47.0 Å². The summed E-state index contributed by atoms with van der Waals surface area (Å²) < 4.78 is 1.57. The van der Waals surface area contributed by atoms with Gasteiger partial charge in [0.25, 0.3) is 0 Å². The van der Waals surface area contributed by atoms with Gasteiger partial charge in [-0.3, -0.25) is 0 Å². The van der Waals surface area contributed by atoms with Crippen LogP contribution in [0.5, 0.6) is 0 Å². The van der Waals surface area contributed by atoms with Crippen LogP contribution in [-0.2, 0) is 0 Å². The van der Waals surface area contributed by atoms with Crippen molar-refractivity contribution in [1.82, 2.24) is 0 Å². The maximum atomic E-state index is 3.96. The third kappa shape index (κ3) is 1.59. The zero-order valence-corrected chi connectivity index (χ0v) is 14.1. The van der Waals surface area contributed by atoms with Crippen molar-refractivity contribution >= 4 is 63.0 Å². The monoisotopic (exact) mass is 342 g/mol. The van der Waals surface area contributed by atoms with Gasteiger partial charge in [0.2, 0.25) is 0 Å². The molecule has 4 saturated heterocycles. The van der Waals surface area contributed by atoms with Crippen LogP contribution in [0.25, 0.3) is 0 Å². The van der Waals surface area contributed by atoms with Gasteiger partial charge in [0.1, 0.15) is 0 Å². The summed E-state index contributed by atoms with van der Waals surface area (Å²) in [6.45, 7) is 9.73. The summed E-state index contributed by atoms with van der Waals surface area (Å²) in [5.74, 6) is 0. The van der Waals surface area contributed by atoms with Crippen molar-refractivity contribution in [1.29, 1.82) is 0 Å². The Morgan fingerprint density at radius 1 is 0.867 bits per heavy atom. The molecule has 0 spiro atoms. The maximum absolute atomic E-state index is 3.96. The van der Waals surface area contributed by atoms with Gasteiger partial charge < -0.3 is 0 Å². The van der Waals surface area contributed by atoms with Gasteiger partial charge in [-0.05, 0) is 34.1 Å². The molecule has 4 aliphatic rings. The van der Waals surface area contributed by atoms with Crippen LogP contribution >= 0.6 is 63.0 Å². The lowest BCUT2D eigenvalue weighted by atomic mass is 10.2. The van der Waals surface area contributed by atoms with Gasteiger partial charge >= 0.3 is 0 Å². The second-order valence-electron chi connectivity index (χ2n) is 5.25. The molecule has 0 atom stereocenters. The number of rotatable bonds is 0. The van der Waals surface area contributed by atoms with Gasteiger partial charge in [0, 0.05) is 0 Å². The smallest absolute Gasteiger partial charge is 0.0756 e. The highest BCUT2D eigenvalue weighted by molar-refractivity contribution is 9.10. The maximum Gasteiger partial charge on any atom is 0.0756 e. The van der Waals surface area contributed by atoms with E-state index in [0.29, 0.717) is 21.1 Å². The van der Waals surface area contributed by atoms with E-state index in [1.165, 1.54) is 6.42 Å². The summed E-state index contributed by atoms with van der Waals surface area (Å²) in [4.78, 5) is 0.601. The molecule has 4 fully saturated rings. The first-order valence-corrected chi connectivity index (χ1v) is 9.32. The molecule has 0 N–H and O–H groups in total. The zero-order valence-electron chi connectivity index (χ0n) is 9.30. The summed E-state index contributed by atoms with van der Waals surface area (Å²) in [5, 5.41) is 0. The van der Waals surface area contributed by atoms with Crippen LogP contribution in [0, 0.1) is 0 Å². The van der Waals surface area contributed by atoms with E-state index in [4.69, 9.17) is 0 Å². The van der Waals surface area contributed by atoms with Crippen molar-refractivity contribution < 1.29 is 0 Å². The number of hydrogen-bond donors (Lipinski definition) is 0. The SMILES string of the molecule is CC12CC3(C)SC(C)(S1)C(Br)C(C)(S2)S3. The first-order valence-electron chi connectivity index (χ1n) is 5.14. The van der Waals surface area contributed by atoms with Crippen molar-refractivity contribution in [2.75, 3.05) is 0 Å². The van der Waals surface area contributed by atoms with Gasteiger partial charge in [-0.1, -0.05) is 15.9 Å². The molecular weight excluding hydrogens is 328 g/mol. The molecule has 86 valence electrons. The summed E-state index contributed by atoms with van der Waals surface area (Å²) in [6.07, 6.45) is 1.33. The third-order valence-corrected chi connectivity index (χ3v) is 13.1. The largest absolute Gasteiger partial charge is 0.126 e. The average Bonchev–Trinajstić information content (AvgIpc) is 1.93. The molecule has 0 unspecified atom stereocenters. The summed E-state index contributed by atoms with van der Waals surface area (Å²) in [7, 11) is 0. The van der Waals surface area contributed by atoms with Crippen LogP contribution in [0.4, 0.5) is 0 Å². The van der Waals surface area contributed by atoms with Crippen molar-refractivity contribution in [3.8, 4) is 0 Å². The topological polar surface area (TPSA) is 0 Å². The highest BCUT2D eigenvalue weighted by Gasteiger charge is 2.69. The highest BCUT2D eigenvalue weighted by atomic mass is 79.9. The summed E-state index contributed by atoms with van der Waals surface area (Å²) >= 11 is 12.7. The zero-order chi connectivity index (χ0) is 11.1. The lowest BCUT2D eigenvalue weighted by Gasteiger charge is -2.68. The van der Waals surface area contributed by atoms with E-state index >= 15 is 0 Å². The Labute approximate surface area is 117 Å². The molecular formula is C10H15BrS4. The first kappa shape index (κ1) is 11.9. The average molecular weight is 343 g/mol. The highest BCUT2D eigenvalue weighted by Crippen LogP contribution is 2.81. The molecule has 4 heterocycles. The molecule has 15 heavy (non-hydrogen) atoms. The molecule has 0 nitrogen and oxygen atoms in total. The first-order chi connectivity index (χ1) is 6.69. The van der Waals surface area contributed by atoms with Crippen LogP contribution < -0.4 is 0 Å². The molecule has 0 amide bonds. The van der Waals surface area contributed by atoms with Crippen LogP contribution in [0.15, 0.2) is 0 Å². The van der Waals surface area contributed by atoms with Crippen molar-refractivity contribution in [2.45, 2.75) is 55.3 Å². The Balaban J connectivity index is 2.12. The standard InChI is InChI=1S/C10H15BrS4/c1-7-5-8(2)14-9(3,12-7)6(11)10(4,13-7)15-8/h6H,5H2,1-4H3. The van der Waals surface area contributed by atoms with E-state index in [0.717, 1.165) is 0 Å². The van der Waals surface area contributed by atoms with Gasteiger partial charge in [-0.25, -0.2) is 0 Å². The molecule has 0 saturated carbocycles. The van der Waals surface area contributed by atoms with E-state index in [-0.39, 0.29) is 0 Å². The van der Waals surface area contributed by atoms with Crippen LogP contribution in [0.1, 0.15) is 34.1 Å². The molecule has 4 rings (SSSR count). The number of hydrogen-bond acceptors (Lipinski definition) is 4. The molecule has 0 aliphatic carbocycles. The fourth-order valence-corrected chi connectivity index (χ4v) is 16.8. The minimum absolute atomic E-state index is 0.354. The van der Waals surface area contributed by atoms with E-state index in [1.54, 1.807) is 0 Å². The van der Waals surface area contributed by atoms with Gasteiger partial charge in [0.15, 0.2) is 0 Å². The van der Waals surface area contributed by atoms with Crippen molar-refractivity contribution in [3.05, 3.63) is 0 Å². The Morgan fingerprint density at radius 2 is 1.20 bits per heavy atom. The van der Waals surface area contributed by atoms with Crippen molar-refractivity contribution in [3.63, 3.8) is 0 Å². The minimum atomic E-state index is 0.354. The molecule has 0 aromatic rings. The predicted molar refractivity (Wildman–Crippen MR) is 81.3 cm³/mol. The lowest BCUT2D eigenvalue weighted by Crippen LogP contribution is -2.62. The quantitative estimate of drug-likeness (QED) is 0.569. The second-order valence-corrected chi connectivity index (χ2v) is 15.0. The predicted octanol–water partition coefficient (Wildman–Crippen LogP) is 4.98. The van der Waals surface area contributed by atoms with E-state index < -0.39 is 0 Å². The molecule has 0 aromatic carbocycles. The Hall–Kier alpha value is 1.88. The van der Waals surface area contributed by atoms with Crippen LogP contribution in [0.3, 0.4) is 0 Å². The van der Waals surface area contributed by atoms with Crippen LogP contribution in [-0.4, -0.2) is 21.1 Å². The van der Waals surface area contributed by atoms with E-state index in [9.17, 15) is 0 Å². The molecule has 0 radical (unpaired) electrons. The number of halogens is 1.